The van der Waals surface area contributed by atoms with Gasteiger partial charge < -0.3 is 5.11 Å². The maximum Gasteiger partial charge on any atom is 0.289 e. The van der Waals surface area contributed by atoms with Crippen molar-refractivity contribution in [3.63, 3.8) is 0 Å². The van der Waals surface area contributed by atoms with Crippen LogP contribution in [0, 0.1) is 13.8 Å². The number of carbonyl (C=O) groups is 1. The first-order valence-corrected chi connectivity index (χ1v) is 8.95. The molecule has 0 saturated heterocycles. The number of carbonyl (C=O) groups excluding carboxylic acids is 1. The Morgan fingerprint density at radius 2 is 1.88 bits per heavy atom. The molecule has 3 rings (SSSR count). The molecule has 1 amide bonds. The lowest BCUT2D eigenvalue weighted by Crippen LogP contribution is -2.23. The average Bonchev–Trinajstić information content (AvgIpc) is 2.61. The predicted molar refractivity (Wildman–Crippen MR) is 104 cm³/mol. The van der Waals surface area contributed by atoms with Gasteiger partial charge in [-0.1, -0.05) is 12.1 Å². The van der Waals surface area contributed by atoms with E-state index in [1.54, 1.807) is 38.2 Å². The van der Waals surface area contributed by atoms with Crippen LogP contribution in [0.25, 0.3) is 0 Å². The van der Waals surface area contributed by atoms with Crippen molar-refractivity contribution in [2.75, 3.05) is 0 Å². The zero-order valence-electron chi connectivity index (χ0n) is 15.9. The number of hydrogen-bond acceptors (Lipinski definition) is 4. The zero-order chi connectivity index (χ0) is 19.1. The lowest BCUT2D eigenvalue weighted by Gasteiger charge is -2.19. The summed E-state index contributed by atoms with van der Waals surface area (Å²) in [5.74, 6) is -0.274. The SMILES string of the molecule is CC(C)O.Cc1cc2c(cc1C)/C(=N/NC(=O)c1ccccn1)CCC2. The number of benzene rings is 1. The van der Waals surface area contributed by atoms with Crippen molar-refractivity contribution in [1.82, 2.24) is 10.4 Å². The molecule has 0 radical (unpaired) electrons. The normalized spacial score (nSPS) is 14.5. The first kappa shape index (κ1) is 19.8. The smallest absolute Gasteiger partial charge is 0.289 e. The van der Waals surface area contributed by atoms with Crippen LogP contribution in [0.15, 0.2) is 41.6 Å². The summed E-state index contributed by atoms with van der Waals surface area (Å²) in [7, 11) is 0. The van der Waals surface area contributed by atoms with Gasteiger partial charge in [0.1, 0.15) is 5.69 Å². The fourth-order valence-corrected chi connectivity index (χ4v) is 2.72. The summed E-state index contributed by atoms with van der Waals surface area (Å²) < 4.78 is 0. The molecule has 1 aliphatic carbocycles. The maximum atomic E-state index is 12.0. The van der Waals surface area contributed by atoms with Gasteiger partial charge in [-0.05, 0) is 81.8 Å². The van der Waals surface area contributed by atoms with Gasteiger partial charge in [0.25, 0.3) is 5.91 Å². The van der Waals surface area contributed by atoms with E-state index in [1.165, 1.54) is 16.7 Å². The number of aryl methyl sites for hydroxylation is 3. The van der Waals surface area contributed by atoms with Gasteiger partial charge in [-0.15, -0.1) is 0 Å². The molecular weight excluding hydrogens is 326 g/mol. The molecule has 26 heavy (non-hydrogen) atoms. The Bertz CT molecular complexity index is 781. The van der Waals surface area contributed by atoms with Gasteiger partial charge in [0.2, 0.25) is 0 Å². The highest BCUT2D eigenvalue weighted by atomic mass is 16.3. The fourth-order valence-electron chi connectivity index (χ4n) is 2.72. The lowest BCUT2D eigenvalue weighted by molar-refractivity contribution is 0.0949. The molecule has 5 nitrogen and oxygen atoms in total. The number of aliphatic hydroxyl groups is 1. The van der Waals surface area contributed by atoms with Crippen molar-refractivity contribution in [1.29, 1.82) is 0 Å². The molecule has 0 saturated carbocycles. The van der Waals surface area contributed by atoms with Crippen molar-refractivity contribution in [3.8, 4) is 0 Å². The lowest BCUT2D eigenvalue weighted by atomic mass is 9.87. The molecule has 1 aromatic carbocycles. The number of fused-ring (bicyclic) bond motifs is 1. The highest BCUT2D eigenvalue weighted by Crippen LogP contribution is 2.24. The number of hydrogen-bond donors (Lipinski definition) is 2. The van der Waals surface area contributed by atoms with E-state index < -0.39 is 0 Å². The summed E-state index contributed by atoms with van der Waals surface area (Å²) in [6, 6.07) is 9.66. The minimum atomic E-state index is -0.274. The fraction of sp³-hybridized carbons (Fsp3) is 0.381. The minimum absolute atomic E-state index is 0.167. The maximum absolute atomic E-state index is 12.0. The molecule has 138 valence electrons. The largest absolute Gasteiger partial charge is 0.394 e. The molecule has 2 aromatic rings. The van der Waals surface area contributed by atoms with Gasteiger partial charge in [-0.3, -0.25) is 9.78 Å². The minimum Gasteiger partial charge on any atom is -0.394 e. The quantitative estimate of drug-likeness (QED) is 0.811. The number of pyridine rings is 1. The van der Waals surface area contributed by atoms with Gasteiger partial charge in [0.05, 0.1) is 5.71 Å². The van der Waals surface area contributed by atoms with Gasteiger partial charge in [-0.25, -0.2) is 5.43 Å². The Kier molecular flexibility index (Phi) is 7.04. The molecule has 0 spiro atoms. The van der Waals surface area contributed by atoms with Gasteiger partial charge in [-0.2, -0.15) is 5.10 Å². The molecule has 0 atom stereocenters. The van der Waals surface area contributed by atoms with Crippen LogP contribution in [-0.2, 0) is 6.42 Å². The number of nitrogens with one attached hydrogen (secondary N) is 1. The molecule has 1 heterocycles. The molecule has 0 unspecified atom stereocenters. The summed E-state index contributed by atoms with van der Waals surface area (Å²) in [5, 5.41) is 12.4. The third-order valence-corrected chi connectivity index (χ3v) is 4.08. The highest BCUT2D eigenvalue weighted by molar-refractivity contribution is 6.04. The van der Waals surface area contributed by atoms with E-state index in [-0.39, 0.29) is 12.0 Å². The molecule has 5 heteroatoms. The molecule has 0 aliphatic heterocycles. The van der Waals surface area contributed by atoms with Crippen LogP contribution in [0.1, 0.15) is 59.4 Å². The van der Waals surface area contributed by atoms with Gasteiger partial charge in [0, 0.05) is 17.9 Å². The Balaban J connectivity index is 0.000000552. The topological polar surface area (TPSA) is 74.6 Å². The van der Waals surface area contributed by atoms with E-state index in [9.17, 15) is 4.79 Å². The molecular formula is C21H27N3O2. The van der Waals surface area contributed by atoms with Crippen molar-refractivity contribution >= 4 is 11.6 Å². The van der Waals surface area contributed by atoms with Crippen LogP contribution in [0.4, 0.5) is 0 Å². The van der Waals surface area contributed by atoms with Crippen molar-refractivity contribution in [2.24, 2.45) is 5.10 Å². The second-order valence-electron chi connectivity index (χ2n) is 6.76. The van der Waals surface area contributed by atoms with Gasteiger partial charge >= 0.3 is 0 Å². The van der Waals surface area contributed by atoms with Crippen molar-refractivity contribution < 1.29 is 9.90 Å². The third-order valence-electron chi connectivity index (χ3n) is 4.08. The monoisotopic (exact) mass is 353 g/mol. The second kappa shape index (κ2) is 9.25. The van der Waals surface area contributed by atoms with E-state index in [0.29, 0.717) is 5.69 Å². The van der Waals surface area contributed by atoms with Crippen molar-refractivity contribution in [2.45, 2.75) is 53.1 Å². The van der Waals surface area contributed by atoms with Crippen LogP contribution < -0.4 is 5.43 Å². The van der Waals surface area contributed by atoms with Crippen LogP contribution >= 0.6 is 0 Å². The van der Waals surface area contributed by atoms with Crippen LogP contribution in [0.2, 0.25) is 0 Å². The second-order valence-corrected chi connectivity index (χ2v) is 6.76. The number of rotatable bonds is 2. The summed E-state index contributed by atoms with van der Waals surface area (Å²) in [4.78, 5) is 16.1. The van der Waals surface area contributed by atoms with Gasteiger partial charge in [0.15, 0.2) is 0 Å². The van der Waals surface area contributed by atoms with Crippen LogP contribution in [0.3, 0.4) is 0 Å². The van der Waals surface area contributed by atoms with E-state index >= 15 is 0 Å². The number of hydrazone groups is 1. The Morgan fingerprint density at radius 3 is 2.54 bits per heavy atom. The number of amides is 1. The van der Waals surface area contributed by atoms with Crippen LogP contribution in [-0.4, -0.2) is 27.8 Å². The molecule has 0 fully saturated rings. The zero-order valence-corrected chi connectivity index (χ0v) is 15.9. The van der Waals surface area contributed by atoms with E-state index in [1.807, 2.05) is 0 Å². The average molecular weight is 353 g/mol. The molecule has 1 aliphatic rings. The molecule has 0 bridgehead atoms. The number of aromatic nitrogens is 1. The van der Waals surface area contributed by atoms with E-state index in [4.69, 9.17) is 5.11 Å². The first-order valence-electron chi connectivity index (χ1n) is 8.95. The summed E-state index contributed by atoms with van der Waals surface area (Å²) in [6.07, 6.45) is 4.46. The Hall–Kier alpha value is -2.53. The highest BCUT2D eigenvalue weighted by Gasteiger charge is 2.17. The Labute approximate surface area is 155 Å². The summed E-state index contributed by atoms with van der Waals surface area (Å²) >= 11 is 0. The standard InChI is InChI=1S/C18H19N3O.C3H8O/c1-12-10-14-6-5-8-16(15(14)11-13(12)2)20-21-18(22)17-7-3-4-9-19-17;1-3(2)4/h3-4,7,9-11H,5-6,8H2,1-2H3,(H,21,22);3-4H,1-2H3/b20-16+;. The van der Waals surface area contributed by atoms with E-state index in [0.717, 1.165) is 30.5 Å². The molecule has 1 aromatic heterocycles. The van der Waals surface area contributed by atoms with E-state index in [2.05, 4.69) is 41.5 Å². The first-order chi connectivity index (χ1) is 12.4. The van der Waals surface area contributed by atoms with Crippen molar-refractivity contribution in [3.05, 3.63) is 64.5 Å². The summed E-state index contributed by atoms with van der Waals surface area (Å²) in [6.45, 7) is 7.68. The summed E-state index contributed by atoms with van der Waals surface area (Å²) in [5.41, 5.74) is 9.00. The Morgan fingerprint density at radius 1 is 1.19 bits per heavy atom. The predicted octanol–water partition coefficient (Wildman–Crippen LogP) is 3.56. The van der Waals surface area contributed by atoms with Crippen LogP contribution in [0.5, 0.6) is 0 Å². The number of nitrogens with zero attached hydrogens (tertiary/aromatic N) is 2. The number of aliphatic hydroxyl groups excluding tert-OH is 1. The third kappa shape index (κ3) is 5.49. The molecule has 2 N–H and O–H groups in total.